The number of thioether (sulfide) groups is 1. The predicted molar refractivity (Wildman–Crippen MR) is 97.8 cm³/mol. The van der Waals surface area contributed by atoms with E-state index in [1.807, 2.05) is 54.1 Å². The lowest BCUT2D eigenvalue weighted by Crippen LogP contribution is -2.00. The molecule has 0 spiro atoms. The van der Waals surface area contributed by atoms with Crippen LogP contribution in [-0.4, -0.2) is 21.9 Å². The van der Waals surface area contributed by atoms with Gasteiger partial charge in [-0.05, 0) is 35.4 Å². The molecule has 0 amide bonds. The van der Waals surface area contributed by atoms with Gasteiger partial charge in [-0.1, -0.05) is 47.6 Å². The zero-order valence-electron chi connectivity index (χ0n) is 13.6. The summed E-state index contributed by atoms with van der Waals surface area (Å²) in [5, 5.41) is 10.3. The average molecular weight is 360 g/mol. The molecule has 0 unspecified atom stereocenters. The van der Waals surface area contributed by atoms with E-state index in [0.717, 1.165) is 33.9 Å². The maximum Gasteiger partial charge on any atom is 0.191 e. The lowest BCUT2D eigenvalue weighted by molar-refractivity contribution is 0.414. The lowest BCUT2D eigenvalue weighted by atomic mass is 10.1. The summed E-state index contributed by atoms with van der Waals surface area (Å²) in [4.78, 5) is 0. The van der Waals surface area contributed by atoms with Gasteiger partial charge in [-0.25, -0.2) is 0 Å². The number of hydrogen-bond donors (Lipinski definition) is 0. The highest BCUT2D eigenvalue weighted by atomic mass is 35.5. The Morgan fingerprint density at radius 1 is 1.08 bits per heavy atom. The molecule has 0 atom stereocenters. The van der Waals surface area contributed by atoms with Gasteiger partial charge in [-0.2, -0.15) is 0 Å². The van der Waals surface area contributed by atoms with E-state index < -0.39 is 0 Å². The summed E-state index contributed by atoms with van der Waals surface area (Å²) in [5.41, 5.74) is 2.35. The van der Waals surface area contributed by atoms with Crippen molar-refractivity contribution in [1.29, 1.82) is 0 Å². The molecule has 4 nitrogen and oxygen atoms in total. The van der Waals surface area contributed by atoms with Crippen molar-refractivity contribution in [1.82, 2.24) is 14.8 Å². The van der Waals surface area contributed by atoms with E-state index in [2.05, 4.69) is 16.3 Å². The van der Waals surface area contributed by atoms with Crippen LogP contribution in [0.25, 0.3) is 0 Å². The Morgan fingerprint density at radius 2 is 1.88 bits per heavy atom. The van der Waals surface area contributed by atoms with Crippen LogP contribution in [0.15, 0.2) is 53.7 Å². The van der Waals surface area contributed by atoms with E-state index in [1.54, 1.807) is 18.9 Å². The zero-order valence-corrected chi connectivity index (χ0v) is 15.1. The van der Waals surface area contributed by atoms with Crippen LogP contribution in [0.4, 0.5) is 0 Å². The second-order valence-electron chi connectivity index (χ2n) is 5.40. The molecular formula is C18H18ClN3OS. The fraction of sp³-hybridized carbons (Fsp3) is 0.222. The SMILES string of the molecule is COc1ccc(Cc2nnc(SCc3cccc(Cl)c3)n2C)cc1. The number of rotatable bonds is 6. The third-order valence-electron chi connectivity index (χ3n) is 3.70. The monoisotopic (exact) mass is 359 g/mol. The molecule has 2 aromatic carbocycles. The predicted octanol–water partition coefficient (Wildman–Crippen LogP) is 4.36. The second kappa shape index (κ2) is 7.73. The van der Waals surface area contributed by atoms with Gasteiger partial charge in [0, 0.05) is 24.2 Å². The van der Waals surface area contributed by atoms with Crippen molar-refractivity contribution in [3.63, 3.8) is 0 Å². The first-order valence-corrected chi connectivity index (χ1v) is 8.90. The molecule has 6 heteroatoms. The Bertz CT molecular complexity index is 817. The maximum atomic E-state index is 6.02. The molecule has 0 fully saturated rings. The molecule has 0 saturated heterocycles. The fourth-order valence-corrected chi connectivity index (χ4v) is 3.41. The molecule has 0 aliphatic carbocycles. The summed E-state index contributed by atoms with van der Waals surface area (Å²) in [6.45, 7) is 0. The maximum absolute atomic E-state index is 6.02. The molecule has 1 heterocycles. The highest BCUT2D eigenvalue weighted by Crippen LogP contribution is 2.23. The van der Waals surface area contributed by atoms with Crippen molar-refractivity contribution >= 4 is 23.4 Å². The molecule has 0 bridgehead atoms. The Hall–Kier alpha value is -1.98. The molecular weight excluding hydrogens is 342 g/mol. The zero-order chi connectivity index (χ0) is 16.9. The number of hydrogen-bond acceptors (Lipinski definition) is 4. The first-order chi connectivity index (χ1) is 11.7. The van der Waals surface area contributed by atoms with Gasteiger partial charge in [0.2, 0.25) is 0 Å². The van der Waals surface area contributed by atoms with E-state index in [-0.39, 0.29) is 0 Å². The summed E-state index contributed by atoms with van der Waals surface area (Å²) in [7, 11) is 3.67. The number of benzene rings is 2. The highest BCUT2D eigenvalue weighted by molar-refractivity contribution is 7.98. The van der Waals surface area contributed by atoms with Crippen molar-refractivity contribution in [2.45, 2.75) is 17.3 Å². The van der Waals surface area contributed by atoms with E-state index in [0.29, 0.717) is 0 Å². The van der Waals surface area contributed by atoms with Crippen LogP contribution in [0.5, 0.6) is 5.75 Å². The van der Waals surface area contributed by atoms with Crippen LogP contribution < -0.4 is 4.74 Å². The molecule has 0 aliphatic heterocycles. The van der Waals surface area contributed by atoms with Gasteiger partial charge in [0.15, 0.2) is 5.16 Å². The Morgan fingerprint density at radius 3 is 2.58 bits per heavy atom. The number of aromatic nitrogens is 3. The van der Waals surface area contributed by atoms with E-state index in [4.69, 9.17) is 16.3 Å². The van der Waals surface area contributed by atoms with Gasteiger partial charge in [0.05, 0.1) is 7.11 Å². The summed E-state index contributed by atoms with van der Waals surface area (Å²) in [6, 6.07) is 15.9. The summed E-state index contributed by atoms with van der Waals surface area (Å²) in [5.74, 6) is 2.61. The standard InChI is InChI=1S/C18H18ClN3OS/c1-22-17(11-13-6-8-16(23-2)9-7-13)20-21-18(22)24-12-14-4-3-5-15(19)10-14/h3-10H,11-12H2,1-2H3. The first-order valence-electron chi connectivity index (χ1n) is 7.54. The largest absolute Gasteiger partial charge is 0.497 e. The van der Waals surface area contributed by atoms with Crippen molar-refractivity contribution in [3.05, 3.63) is 70.5 Å². The molecule has 24 heavy (non-hydrogen) atoms. The third-order valence-corrected chi connectivity index (χ3v) is 5.03. The van der Waals surface area contributed by atoms with E-state index >= 15 is 0 Å². The van der Waals surface area contributed by atoms with Crippen LogP contribution in [0.1, 0.15) is 17.0 Å². The van der Waals surface area contributed by atoms with Gasteiger partial charge in [-0.15, -0.1) is 10.2 Å². The minimum Gasteiger partial charge on any atom is -0.497 e. The Kier molecular flexibility index (Phi) is 5.43. The van der Waals surface area contributed by atoms with Gasteiger partial charge in [0.25, 0.3) is 0 Å². The minimum atomic E-state index is 0.741. The topological polar surface area (TPSA) is 39.9 Å². The van der Waals surface area contributed by atoms with Crippen LogP contribution in [0.2, 0.25) is 5.02 Å². The van der Waals surface area contributed by atoms with Crippen molar-refractivity contribution in [2.75, 3.05) is 7.11 Å². The number of nitrogens with zero attached hydrogens (tertiary/aromatic N) is 3. The molecule has 1 aromatic heterocycles. The van der Waals surface area contributed by atoms with Crippen molar-refractivity contribution in [2.24, 2.45) is 7.05 Å². The van der Waals surface area contributed by atoms with E-state index in [1.165, 1.54) is 11.1 Å². The van der Waals surface area contributed by atoms with E-state index in [9.17, 15) is 0 Å². The molecule has 0 N–H and O–H groups in total. The second-order valence-corrected chi connectivity index (χ2v) is 6.78. The summed E-state index contributed by atoms with van der Waals surface area (Å²) in [6.07, 6.45) is 0.741. The number of methoxy groups -OCH3 is 1. The highest BCUT2D eigenvalue weighted by Gasteiger charge is 2.10. The summed E-state index contributed by atoms with van der Waals surface area (Å²) >= 11 is 7.68. The smallest absolute Gasteiger partial charge is 0.191 e. The molecule has 0 saturated carbocycles. The molecule has 0 aliphatic rings. The minimum absolute atomic E-state index is 0.741. The van der Waals surface area contributed by atoms with Crippen LogP contribution in [0.3, 0.4) is 0 Å². The fourth-order valence-electron chi connectivity index (χ4n) is 2.33. The lowest BCUT2D eigenvalue weighted by Gasteiger charge is -2.05. The van der Waals surface area contributed by atoms with Gasteiger partial charge in [0.1, 0.15) is 11.6 Å². The molecule has 3 rings (SSSR count). The van der Waals surface area contributed by atoms with Crippen LogP contribution in [0, 0.1) is 0 Å². The third kappa shape index (κ3) is 4.10. The van der Waals surface area contributed by atoms with Gasteiger partial charge >= 0.3 is 0 Å². The van der Waals surface area contributed by atoms with Crippen molar-refractivity contribution < 1.29 is 4.74 Å². The van der Waals surface area contributed by atoms with Gasteiger partial charge in [-0.3, -0.25) is 0 Å². The molecule has 0 radical (unpaired) electrons. The van der Waals surface area contributed by atoms with Crippen LogP contribution in [-0.2, 0) is 19.2 Å². The number of halogens is 1. The Labute approximate surface area is 150 Å². The normalized spacial score (nSPS) is 10.8. The summed E-state index contributed by atoms with van der Waals surface area (Å²) < 4.78 is 7.22. The van der Waals surface area contributed by atoms with Crippen molar-refractivity contribution in [3.8, 4) is 5.75 Å². The first kappa shape index (κ1) is 16.9. The van der Waals surface area contributed by atoms with Gasteiger partial charge < -0.3 is 9.30 Å². The van der Waals surface area contributed by atoms with Crippen LogP contribution >= 0.6 is 23.4 Å². The number of ether oxygens (including phenoxy) is 1. The molecule has 3 aromatic rings. The molecule has 124 valence electrons. The quantitative estimate of drug-likeness (QED) is 0.613. The average Bonchev–Trinajstić information content (AvgIpc) is 2.94. The Balaban J connectivity index is 1.66.